The Labute approximate surface area is 199 Å². The smallest absolute Gasteiger partial charge is 0.339 e. The summed E-state index contributed by atoms with van der Waals surface area (Å²) in [7, 11) is -3.95. The Bertz CT molecular complexity index is 1480. The largest absolute Gasteiger partial charge is 0.379 e. The van der Waals surface area contributed by atoms with E-state index in [0.717, 1.165) is 5.56 Å². The SMILES string of the molecule is N=C1C(=Cc2ccc(OS(=O)(=O)c3ccccc3)cc2)C(=O)N=C2SC(c3ccccc3)=NN12. The van der Waals surface area contributed by atoms with Crippen LogP contribution in [0.4, 0.5) is 0 Å². The second kappa shape index (κ2) is 8.73. The minimum Gasteiger partial charge on any atom is -0.379 e. The first-order valence-electron chi connectivity index (χ1n) is 10.1. The van der Waals surface area contributed by atoms with Gasteiger partial charge in [0.15, 0.2) is 5.84 Å². The van der Waals surface area contributed by atoms with Gasteiger partial charge in [-0.3, -0.25) is 10.2 Å². The zero-order chi connectivity index (χ0) is 23.7. The molecule has 2 aliphatic heterocycles. The number of carbonyl (C=O) groups excluding carboxylic acids is 1. The molecule has 0 fully saturated rings. The number of hydrogen-bond donors (Lipinski definition) is 1. The standard InChI is InChI=1S/C24H16N4O4S2/c25-21-20(22(29)26-24-28(21)27-23(33-24)17-7-3-1-4-8-17)15-16-11-13-18(14-12-16)32-34(30,31)19-9-5-2-6-10-19/h1-15,25H. The number of hydrogen-bond acceptors (Lipinski definition) is 7. The van der Waals surface area contributed by atoms with Crippen LogP contribution in [-0.2, 0) is 14.9 Å². The van der Waals surface area contributed by atoms with Gasteiger partial charge in [0.25, 0.3) is 5.91 Å². The summed E-state index contributed by atoms with van der Waals surface area (Å²) in [4.78, 5) is 16.8. The van der Waals surface area contributed by atoms with Crippen LogP contribution in [0, 0.1) is 5.41 Å². The van der Waals surface area contributed by atoms with E-state index in [1.54, 1.807) is 30.3 Å². The molecule has 0 aliphatic carbocycles. The van der Waals surface area contributed by atoms with Gasteiger partial charge >= 0.3 is 10.1 Å². The molecule has 3 aromatic rings. The summed E-state index contributed by atoms with van der Waals surface area (Å²) < 4.78 is 29.9. The van der Waals surface area contributed by atoms with Crippen molar-refractivity contribution in [3.63, 3.8) is 0 Å². The maximum atomic E-state index is 12.6. The van der Waals surface area contributed by atoms with Crippen LogP contribution >= 0.6 is 11.8 Å². The lowest BCUT2D eigenvalue weighted by molar-refractivity contribution is -0.114. The van der Waals surface area contributed by atoms with Gasteiger partial charge in [0.05, 0.1) is 5.57 Å². The fraction of sp³-hybridized carbons (Fsp3) is 0. The second-order valence-corrected chi connectivity index (χ2v) is 9.71. The Kier molecular flexibility index (Phi) is 5.60. The topological polar surface area (TPSA) is 112 Å². The Morgan fingerprint density at radius 2 is 1.56 bits per heavy atom. The monoisotopic (exact) mass is 488 g/mol. The molecule has 0 radical (unpaired) electrons. The Balaban J connectivity index is 1.36. The van der Waals surface area contributed by atoms with Crippen molar-refractivity contribution in [2.75, 3.05) is 0 Å². The van der Waals surface area contributed by atoms with Gasteiger partial charge in [0.1, 0.15) is 15.7 Å². The summed E-state index contributed by atoms with van der Waals surface area (Å²) >= 11 is 1.23. The van der Waals surface area contributed by atoms with Crippen molar-refractivity contribution >= 4 is 49.9 Å². The lowest BCUT2D eigenvalue weighted by atomic mass is 10.1. The van der Waals surface area contributed by atoms with Crippen LogP contribution in [-0.4, -0.2) is 35.4 Å². The van der Waals surface area contributed by atoms with Gasteiger partial charge in [-0.05, 0) is 47.7 Å². The van der Waals surface area contributed by atoms with E-state index in [2.05, 4.69) is 10.1 Å². The summed E-state index contributed by atoms with van der Waals surface area (Å²) in [5.74, 6) is -0.495. The van der Waals surface area contributed by atoms with Gasteiger partial charge in [-0.2, -0.15) is 23.5 Å². The summed E-state index contributed by atoms with van der Waals surface area (Å²) in [5, 5.41) is 15.3. The average Bonchev–Trinajstić information content (AvgIpc) is 3.28. The van der Waals surface area contributed by atoms with Crippen molar-refractivity contribution in [1.82, 2.24) is 5.01 Å². The van der Waals surface area contributed by atoms with Crippen LogP contribution in [0.5, 0.6) is 5.75 Å². The molecule has 10 heteroatoms. The van der Waals surface area contributed by atoms with Crippen molar-refractivity contribution in [3.8, 4) is 5.75 Å². The average molecular weight is 489 g/mol. The maximum Gasteiger partial charge on any atom is 0.339 e. The van der Waals surface area contributed by atoms with Gasteiger partial charge in [-0.25, -0.2) is 0 Å². The highest BCUT2D eigenvalue weighted by Crippen LogP contribution is 2.31. The fourth-order valence-corrected chi connectivity index (χ4v) is 5.09. The minimum atomic E-state index is -3.95. The molecule has 0 bridgehead atoms. The lowest BCUT2D eigenvalue weighted by Crippen LogP contribution is -2.35. The van der Waals surface area contributed by atoms with E-state index in [1.807, 2.05) is 30.3 Å². The molecule has 0 aromatic heterocycles. The van der Waals surface area contributed by atoms with Crippen LogP contribution in [0.25, 0.3) is 6.08 Å². The highest BCUT2D eigenvalue weighted by atomic mass is 32.2. The normalized spacial score (nSPS) is 16.8. The number of amides is 1. The Morgan fingerprint density at radius 3 is 2.24 bits per heavy atom. The predicted octanol–water partition coefficient (Wildman–Crippen LogP) is 4.12. The summed E-state index contributed by atoms with van der Waals surface area (Å²) in [6, 6.07) is 23.5. The molecule has 0 spiro atoms. The van der Waals surface area contributed by atoms with Crippen LogP contribution < -0.4 is 4.18 Å². The number of aliphatic imine (C=N–C) groups is 1. The first kappa shape index (κ1) is 21.8. The first-order chi connectivity index (χ1) is 16.4. The van der Waals surface area contributed by atoms with E-state index in [0.29, 0.717) is 15.8 Å². The maximum absolute atomic E-state index is 12.6. The molecule has 0 unspecified atom stereocenters. The molecule has 5 rings (SSSR count). The summed E-state index contributed by atoms with van der Waals surface area (Å²) in [6.07, 6.45) is 1.51. The first-order valence-corrected chi connectivity index (χ1v) is 12.3. The van der Waals surface area contributed by atoms with Crippen molar-refractivity contribution in [1.29, 1.82) is 5.41 Å². The fourth-order valence-electron chi connectivity index (χ4n) is 3.24. The van der Waals surface area contributed by atoms with Crippen LogP contribution in [0.15, 0.2) is 105 Å². The van der Waals surface area contributed by atoms with Crippen molar-refractivity contribution in [3.05, 3.63) is 102 Å². The number of hydrazone groups is 1. The third-order valence-corrected chi connectivity index (χ3v) is 7.12. The number of nitrogens with zero attached hydrogens (tertiary/aromatic N) is 3. The highest BCUT2D eigenvalue weighted by Gasteiger charge is 2.36. The molecule has 2 heterocycles. The quantitative estimate of drug-likeness (QED) is 0.427. The molecular formula is C24H16N4O4S2. The van der Waals surface area contributed by atoms with Gasteiger partial charge in [-0.1, -0.05) is 60.7 Å². The third-order valence-electron chi connectivity index (χ3n) is 4.90. The van der Waals surface area contributed by atoms with Crippen LogP contribution in [0.3, 0.4) is 0 Å². The van der Waals surface area contributed by atoms with Gasteiger partial charge < -0.3 is 4.18 Å². The number of fused-ring (bicyclic) bond motifs is 1. The van der Waals surface area contributed by atoms with Gasteiger partial charge in [0, 0.05) is 5.56 Å². The van der Waals surface area contributed by atoms with E-state index >= 15 is 0 Å². The van der Waals surface area contributed by atoms with E-state index in [1.165, 1.54) is 47.1 Å². The summed E-state index contributed by atoms with van der Waals surface area (Å²) in [6.45, 7) is 0. The van der Waals surface area contributed by atoms with E-state index < -0.39 is 16.0 Å². The zero-order valence-electron chi connectivity index (χ0n) is 17.5. The highest BCUT2D eigenvalue weighted by molar-refractivity contribution is 8.27. The molecule has 0 saturated heterocycles. The molecule has 0 saturated carbocycles. The van der Waals surface area contributed by atoms with Crippen LogP contribution in [0.1, 0.15) is 11.1 Å². The van der Waals surface area contributed by atoms with Gasteiger partial charge in [0.2, 0.25) is 5.17 Å². The number of rotatable bonds is 5. The lowest BCUT2D eigenvalue weighted by Gasteiger charge is -2.20. The molecule has 2 aliphatic rings. The molecule has 3 aromatic carbocycles. The minimum absolute atomic E-state index is 0.0509. The summed E-state index contributed by atoms with van der Waals surface area (Å²) in [5.41, 5.74) is 1.53. The number of nitrogens with one attached hydrogen (secondary N) is 1. The molecule has 1 amide bonds. The van der Waals surface area contributed by atoms with E-state index in [4.69, 9.17) is 9.59 Å². The molecule has 168 valence electrons. The van der Waals surface area contributed by atoms with Gasteiger partial charge in [-0.15, -0.1) is 0 Å². The van der Waals surface area contributed by atoms with E-state index in [9.17, 15) is 13.2 Å². The Hall–Kier alpha value is -4.02. The zero-order valence-corrected chi connectivity index (χ0v) is 19.1. The van der Waals surface area contributed by atoms with Crippen molar-refractivity contribution < 1.29 is 17.4 Å². The number of benzene rings is 3. The number of carbonyl (C=O) groups is 1. The third kappa shape index (κ3) is 4.28. The van der Waals surface area contributed by atoms with Crippen molar-refractivity contribution in [2.45, 2.75) is 4.90 Å². The van der Waals surface area contributed by atoms with Crippen molar-refractivity contribution in [2.24, 2.45) is 10.1 Å². The molecule has 34 heavy (non-hydrogen) atoms. The van der Waals surface area contributed by atoms with E-state index in [-0.39, 0.29) is 22.1 Å². The molecular weight excluding hydrogens is 472 g/mol. The molecule has 0 atom stereocenters. The molecule has 1 N–H and O–H groups in total. The number of amidine groups is 2. The predicted molar refractivity (Wildman–Crippen MR) is 131 cm³/mol. The number of thioether (sulfide) groups is 1. The second-order valence-electron chi connectivity index (χ2n) is 7.21. The molecule has 8 nitrogen and oxygen atoms in total. The van der Waals surface area contributed by atoms with Crippen LogP contribution in [0.2, 0.25) is 0 Å². The Morgan fingerprint density at radius 1 is 0.912 bits per heavy atom.